The average Bonchev–Trinajstić information content (AvgIpc) is 2.84. The third kappa shape index (κ3) is 7.44. The maximum atomic E-state index is 12.3. The standard InChI is InChI=1S/C27H36N4O4/c32-24-7-3-1-5-22(24)30-26(34)28-20-13-9-18(10-14-20)17-19-11-15-21(16-12-19)29-27(35)31-23-6-2-4-8-25(23)33/h9-16,22-25,32-33H,1-8,17H2,(H2,28,30,34)(H2,29,31,35)/t22-,23-,24+,25+/m1/s1. The van der Waals surface area contributed by atoms with Crippen LogP contribution in [0.1, 0.15) is 62.5 Å². The Bertz CT molecular complexity index is 900. The van der Waals surface area contributed by atoms with Crippen molar-refractivity contribution in [3.63, 3.8) is 0 Å². The second-order valence-corrected chi connectivity index (χ2v) is 9.68. The maximum Gasteiger partial charge on any atom is 0.319 e. The van der Waals surface area contributed by atoms with Gasteiger partial charge in [-0.15, -0.1) is 0 Å². The van der Waals surface area contributed by atoms with Crippen molar-refractivity contribution in [2.45, 2.75) is 82.1 Å². The number of aliphatic hydroxyl groups excluding tert-OH is 2. The second-order valence-electron chi connectivity index (χ2n) is 9.68. The van der Waals surface area contributed by atoms with Gasteiger partial charge in [0.25, 0.3) is 0 Å². The molecule has 0 heterocycles. The first-order chi connectivity index (χ1) is 17.0. The number of hydrogen-bond acceptors (Lipinski definition) is 4. The fourth-order valence-electron chi connectivity index (χ4n) is 4.88. The van der Waals surface area contributed by atoms with Gasteiger partial charge in [-0.2, -0.15) is 0 Å². The van der Waals surface area contributed by atoms with Gasteiger partial charge in [-0.05, 0) is 67.5 Å². The predicted molar refractivity (Wildman–Crippen MR) is 137 cm³/mol. The Hall–Kier alpha value is -3.10. The molecular formula is C27H36N4O4. The van der Waals surface area contributed by atoms with Crippen molar-refractivity contribution in [2.75, 3.05) is 10.6 Å². The molecule has 4 rings (SSSR count). The maximum absolute atomic E-state index is 12.3. The van der Waals surface area contributed by atoms with Gasteiger partial charge in [0.2, 0.25) is 0 Å². The van der Waals surface area contributed by atoms with E-state index in [9.17, 15) is 19.8 Å². The minimum Gasteiger partial charge on any atom is -0.391 e. The summed E-state index contributed by atoms with van der Waals surface area (Å²) >= 11 is 0. The summed E-state index contributed by atoms with van der Waals surface area (Å²) in [6.45, 7) is 0. The van der Waals surface area contributed by atoms with Crippen LogP contribution in [0.4, 0.5) is 21.0 Å². The highest BCUT2D eigenvalue weighted by Gasteiger charge is 2.25. The molecule has 2 saturated carbocycles. The first-order valence-electron chi connectivity index (χ1n) is 12.7. The fraction of sp³-hybridized carbons (Fsp3) is 0.481. The number of nitrogens with one attached hydrogen (secondary N) is 4. The summed E-state index contributed by atoms with van der Waals surface area (Å²) < 4.78 is 0. The Morgan fingerprint density at radius 2 is 1.00 bits per heavy atom. The molecule has 2 fully saturated rings. The van der Waals surface area contributed by atoms with Gasteiger partial charge in [-0.25, -0.2) is 9.59 Å². The molecule has 188 valence electrons. The Morgan fingerprint density at radius 1 is 0.629 bits per heavy atom. The first-order valence-corrected chi connectivity index (χ1v) is 12.7. The molecule has 0 radical (unpaired) electrons. The van der Waals surface area contributed by atoms with Gasteiger partial charge in [0, 0.05) is 11.4 Å². The average molecular weight is 481 g/mol. The number of rotatable bonds is 6. The predicted octanol–water partition coefficient (Wildman–Crippen LogP) is 4.13. The van der Waals surface area contributed by atoms with E-state index in [0.717, 1.165) is 68.9 Å². The summed E-state index contributed by atoms with van der Waals surface area (Å²) in [6.07, 6.45) is 6.88. The van der Waals surface area contributed by atoms with Gasteiger partial charge >= 0.3 is 12.1 Å². The molecule has 2 aliphatic carbocycles. The van der Waals surface area contributed by atoms with Gasteiger partial charge in [-0.1, -0.05) is 49.9 Å². The van der Waals surface area contributed by atoms with E-state index in [1.807, 2.05) is 48.5 Å². The van der Waals surface area contributed by atoms with E-state index < -0.39 is 12.2 Å². The Kier molecular flexibility index (Phi) is 8.60. The normalized spacial score (nSPS) is 24.3. The fourth-order valence-corrected chi connectivity index (χ4v) is 4.88. The van der Waals surface area contributed by atoms with E-state index in [1.54, 1.807) is 0 Å². The van der Waals surface area contributed by atoms with E-state index in [0.29, 0.717) is 11.4 Å². The van der Waals surface area contributed by atoms with E-state index in [1.165, 1.54) is 0 Å². The molecule has 0 bridgehead atoms. The number of anilines is 2. The molecule has 0 unspecified atom stereocenters. The summed E-state index contributed by atoms with van der Waals surface area (Å²) in [7, 11) is 0. The summed E-state index contributed by atoms with van der Waals surface area (Å²) in [6, 6.07) is 14.4. The topological polar surface area (TPSA) is 123 Å². The van der Waals surface area contributed by atoms with Gasteiger partial charge in [-0.3, -0.25) is 0 Å². The Labute approximate surface area is 206 Å². The van der Waals surface area contributed by atoms with Crippen molar-refractivity contribution in [2.24, 2.45) is 0 Å². The molecule has 4 amide bonds. The summed E-state index contributed by atoms with van der Waals surface area (Å²) in [5, 5.41) is 31.5. The number of hydrogen-bond donors (Lipinski definition) is 6. The smallest absolute Gasteiger partial charge is 0.319 e. The molecule has 8 nitrogen and oxygen atoms in total. The zero-order valence-corrected chi connectivity index (χ0v) is 20.0. The Balaban J connectivity index is 1.23. The number of urea groups is 2. The van der Waals surface area contributed by atoms with Crippen LogP contribution in [0.5, 0.6) is 0 Å². The molecule has 0 aliphatic heterocycles. The minimum atomic E-state index is -0.474. The number of aliphatic hydroxyl groups is 2. The van der Waals surface area contributed by atoms with E-state index >= 15 is 0 Å². The van der Waals surface area contributed by atoms with Gasteiger partial charge in [0.05, 0.1) is 24.3 Å². The van der Waals surface area contributed by atoms with Crippen LogP contribution in [-0.2, 0) is 6.42 Å². The van der Waals surface area contributed by atoms with Crippen LogP contribution in [0.15, 0.2) is 48.5 Å². The molecule has 2 aliphatic rings. The molecule has 2 aromatic carbocycles. The van der Waals surface area contributed by atoms with E-state index in [-0.39, 0.29) is 24.1 Å². The van der Waals surface area contributed by atoms with Crippen molar-refractivity contribution < 1.29 is 19.8 Å². The van der Waals surface area contributed by atoms with E-state index in [2.05, 4.69) is 21.3 Å². The molecule has 0 aromatic heterocycles. The van der Waals surface area contributed by atoms with E-state index in [4.69, 9.17) is 0 Å². The summed E-state index contributed by atoms with van der Waals surface area (Å²) in [4.78, 5) is 24.5. The zero-order chi connectivity index (χ0) is 24.6. The Morgan fingerprint density at radius 3 is 1.37 bits per heavy atom. The lowest BCUT2D eigenvalue weighted by molar-refractivity contribution is 0.0955. The highest BCUT2D eigenvalue weighted by Crippen LogP contribution is 2.20. The number of amides is 4. The highest BCUT2D eigenvalue weighted by atomic mass is 16.3. The molecule has 0 spiro atoms. The lowest BCUT2D eigenvalue weighted by Gasteiger charge is -2.28. The van der Waals surface area contributed by atoms with Crippen molar-refractivity contribution in [3.05, 3.63) is 59.7 Å². The highest BCUT2D eigenvalue weighted by molar-refractivity contribution is 5.90. The third-order valence-corrected chi connectivity index (χ3v) is 6.92. The lowest BCUT2D eigenvalue weighted by atomic mass is 9.93. The quantitative estimate of drug-likeness (QED) is 0.372. The van der Waals surface area contributed by atoms with Crippen molar-refractivity contribution in [1.29, 1.82) is 0 Å². The van der Waals surface area contributed by atoms with Crippen molar-refractivity contribution in [1.82, 2.24) is 10.6 Å². The molecule has 6 N–H and O–H groups in total. The van der Waals surface area contributed by atoms with Crippen LogP contribution in [0.3, 0.4) is 0 Å². The van der Waals surface area contributed by atoms with Crippen LogP contribution < -0.4 is 21.3 Å². The lowest BCUT2D eigenvalue weighted by Crippen LogP contribution is -2.46. The number of carbonyl (C=O) groups is 2. The van der Waals surface area contributed by atoms with Crippen molar-refractivity contribution in [3.8, 4) is 0 Å². The molecule has 0 saturated heterocycles. The minimum absolute atomic E-state index is 0.189. The van der Waals surface area contributed by atoms with Gasteiger partial charge in [0.15, 0.2) is 0 Å². The summed E-state index contributed by atoms with van der Waals surface area (Å²) in [5.74, 6) is 0. The molecule has 4 atom stereocenters. The van der Waals surface area contributed by atoms with Crippen LogP contribution >= 0.6 is 0 Å². The molecule has 2 aromatic rings. The van der Waals surface area contributed by atoms with Gasteiger partial charge in [0.1, 0.15) is 0 Å². The van der Waals surface area contributed by atoms with Crippen LogP contribution in [0.2, 0.25) is 0 Å². The molecular weight excluding hydrogens is 444 g/mol. The van der Waals surface area contributed by atoms with Crippen LogP contribution in [-0.4, -0.2) is 46.6 Å². The van der Waals surface area contributed by atoms with Crippen LogP contribution in [0.25, 0.3) is 0 Å². The SMILES string of the molecule is O=C(Nc1ccc(Cc2ccc(NC(=O)N[C@@H]3CCCC[C@@H]3O)cc2)cc1)N[C@@H]1CCCC[C@@H]1O. The monoisotopic (exact) mass is 480 g/mol. The largest absolute Gasteiger partial charge is 0.391 e. The van der Waals surface area contributed by atoms with Crippen LogP contribution in [0, 0.1) is 0 Å². The van der Waals surface area contributed by atoms with Crippen molar-refractivity contribution >= 4 is 23.4 Å². The molecule has 8 heteroatoms. The number of carbonyl (C=O) groups excluding carboxylic acids is 2. The summed E-state index contributed by atoms with van der Waals surface area (Å²) in [5.41, 5.74) is 3.60. The second kappa shape index (κ2) is 12.0. The van der Waals surface area contributed by atoms with Gasteiger partial charge < -0.3 is 31.5 Å². The first kappa shape index (κ1) is 25.0. The molecule has 35 heavy (non-hydrogen) atoms. The third-order valence-electron chi connectivity index (χ3n) is 6.92. The zero-order valence-electron chi connectivity index (χ0n) is 20.0. The number of benzene rings is 2.